The number of methoxy groups -OCH3 is 1. The van der Waals surface area contributed by atoms with E-state index in [1.807, 2.05) is 10.6 Å². The Morgan fingerprint density at radius 3 is 2.71 bits per heavy atom. The molecule has 1 aromatic heterocycles. The fourth-order valence-corrected chi connectivity index (χ4v) is 3.89. The van der Waals surface area contributed by atoms with Crippen molar-refractivity contribution in [3.05, 3.63) is 50.8 Å². The first kappa shape index (κ1) is 20.4. The standard InChI is InChI=1S/C21H24ClNO5/c1-12(2)6-14-7-13-8-20(28-5-4-27-3)17(22)9-15(13)18-10-19(24)16(21(25)26)11-23(14)18/h8-12,14H,4-7H2,1-3H3,(H,25,26)/t14-/m1/s1. The first-order chi connectivity index (χ1) is 13.3. The Morgan fingerprint density at radius 1 is 1.32 bits per heavy atom. The molecule has 2 heterocycles. The highest BCUT2D eigenvalue weighted by Gasteiger charge is 2.27. The van der Waals surface area contributed by atoms with E-state index in [0.29, 0.717) is 42.0 Å². The average Bonchev–Trinajstić information content (AvgIpc) is 2.62. The van der Waals surface area contributed by atoms with E-state index in [-0.39, 0.29) is 11.6 Å². The third-order valence-corrected chi connectivity index (χ3v) is 5.18. The van der Waals surface area contributed by atoms with Crippen LogP contribution >= 0.6 is 11.6 Å². The van der Waals surface area contributed by atoms with Crippen LogP contribution in [-0.4, -0.2) is 36.0 Å². The number of aromatic carboxylic acids is 1. The molecule has 0 aliphatic carbocycles. The maximum Gasteiger partial charge on any atom is 0.341 e. The molecule has 7 heteroatoms. The van der Waals surface area contributed by atoms with Gasteiger partial charge in [-0.05, 0) is 36.5 Å². The second-order valence-electron chi connectivity index (χ2n) is 7.42. The summed E-state index contributed by atoms with van der Waals surface area (Å²) in [5.41, 5.74) is 1.83. The second kappa shape index (κ2) is 8.37. The van der Waals surface area contributed by atoms with Gasteiger partial charge in [-0.15, -0.1) is 0 Å². The Morgan fingerprint density at radius 2 is 2.07 bits per heavy atom. The number of pyridine rings is 1. The van der Waals surface area contributed by atoms with Crippen LogP contribution in [0.25, 0.3) is 11.3 Å². The number of carboxylic acid groups (broad SMARTS) is 1. The summed E-state index contributed by atoms with van der Waals surface area (Å²) < 4.78 is 12.6. The van der Waals surface area contributed by atoms with Crippen LogP contribution in [-0.2, 0) is 11.2 Å². The lowest BCUT2D eigenvalue weighted by Gasteiger charge is -2.32. The summed E-state index contributed by atoms with van der Waals surface area (Å²) in [6.45, 7) is 5.09. The highest BCUT2D eigenvalue weighted by Crippen LogP contribution is 2.41. The van der Waals surface area contributed by atoms with Crippen molar-refractivity contribution in [1.82, 2.24) is 4.57 Å². The number of nitrogens with zero attached hydrogens (tertiary/aromatic N) is 1. The number of hydrogen-bond donors (Lipinski definition) is 1. The fraction of sp³-hybridized carbons (Fsp3) is 0.429. The lowest BCUT2D eigenvalue weighted by Crippen LogP contribution is -2.26. The van der Waals surface area contributed by atoms with Gasteiger partial charge in [0.1, 0.15) is 17.9 Å². The van der Waals surface area contributed by atoms with Gasteiger partial charge in [0, 0.05) is 31.0 Å². The number of aromatic nitrogens is 1. The Bertz CT molecular complexity index is 951. The Hall–Kier alpha value is -2.31. The van der Waals surface area contributed by atoms with E-state index < -0.39 is 11.4 Å². The molecular weight excluding hydrogens is 382 g/mol. The molecule has 0 radical (unpaired) electrons. The zero-order chi connectivity index (χ0) is 20.4. The average molecular weight is 406 g/mol. The summed E-state index contributed by atoms with van der Waals surface area (Å²) in [5.74, 6) is -0.218. The van der Waals surface area contributed by atoms with Crippen molar-refractivity contribution in [3.63, 3.8) is 0 Å². The van der Waals surface area contributed by atoms with E-state index in [2.05, 4.69) is 13.8 Å². The topological polar surface area (TPSA) is 77.8 Å². The van der Waals surface area contributed by atoms with Gasteiger partial charge in [0.15, 0.2) is 5.43 Å². The Balaban J connectivity index is 2.12. The number of hydrogen-bond acceptors (Lipinski definition) is 4. The monoisotopic (exact) mass is 405 g/mol. The van der Waals surface area contributed by atoms with Crippen molar-refractivity contribution in [2.24, 2.45) is 5.92 Å². The smallest absolute Gasteiger partial charge is 0.341 e. The first-order valence-corrected chi connectivity index (χ1v) is 9.63. The van der Waals surface area contributed by atoms with Crippen LogP contribution in [0.2, 0.25) is 5.02 Å². The van der Waals surface area contributed by atoms with E-state index in [1.54, 1.807) is 13.2 Å². The molecule has 28 heavy (non-hydrogen) atoms. The van der Waals surface area contributed by atoms with Gasteiger partial charge >= 0.3 is 5.97 Å². The van der Waals surface area contributed by atoms with Crippen LogP contribution in [0.15, 0.2) is 29.2 Å². The molecule has 0 saturated carbocycles. The van der Waals surface area contributed by atoms with Gasteiger partial charge < -0.3 is 19.1 Å². The quantitative estimate of drug-likeness (QED) is 0.703. The normalized spacial score (nSPS) is 15.2. The molecule has 1 aromatic carbocycles. The van der Waals surface area contributed by atoms with Gasteiger partial charge in [0.2, 0.25) is 0 Å². The lowest BCUT2D eigenvalue weighted by atomic mass is 9.88. The van der Waals surface area contributed by atoms with Crippen LogP contribution in [0.4, 0.5) is 0 Å². The minimum absolute atomic E-state index is 0.0502. The van der Waals surface area contributed by atoms with Crippen molar-refractivity contribution in [2.45, 2.75) is 32.7 Å². The van der Waals surface area contributed by atoms with Gasteiger partial charge in [-0.1, -0.05) is 25.4 Å². The van der Waals surface area contributed by atoms with Crippen molar-refractivity contribution >= 4 is 17.6 Å². The molecule has 1 aliphatic heterocycles. The number of halogens is 1. The molecular formula is C21H24ClNO5. The second-order valence-corrected chi connectivity index (χ2v) is 7.82. The van der Waals surface area contributed by atoms with Crippen molar-refractivity contribution in [2.75, 3.05) is 20.3 Å². The van der Waals surface area contributed by atoms with E-state index in [9.17, 15) is 14.7 Å². The van der Waals surface area contributed by atoms with E-state index in [1.165, 1.54) is 12.3 Å². The number of benzene rings is 1. The van der Waals surface area contributed by atoms with Gasteiger partial charge in [-0.25, -0.2) is 4.79 Å². The molecule has 0 saturated heterocycles. The van der Waals surface area contributed by atoms with Crippen molar-refractivity contribution in [1.29, 1.82) is 0 Å². The maximum atomic E-state index is 12.3. The Labute approximate surface area is 168 Å². The first-order valence-electron chi connectivity index (χ1n) is 9.25. The predicted molar refractivity (Wildman–Crippen MR) is 108 cm³/mol. The summed E-state index contributed by atoms with van der Waals surface area (Å²) >= 11 is 6.40. The summed E-state index contributed by atoms with van der Waals surface area (Å²) in [7, 11) is 1.61. The zero-order valence-corrected chi connectivity index (χ0v) is 17.0. The summed E-state index contributed by atoms with van der Waals surface area (Å²) in [6.07, 6.45) is 3.03. The van der Waals surface area contributed by atoms with E-state index in [4.69, 9.17) is 21.1 Å². The third kappa shape index (κ3) is 4.08. The van der Waals surface area contributed by atoms with Gasteiger partial charge in [-0.3, -0.25) is 4.79 Å². The number of ether oxygens (including phenoxy) is 2. The lowest BCUT2D eigenvalue weighted by molar-refractivity contribution is 0.0694. The van der Waals surface area contributed by atoms with Crippen LogP contribution in [0, 0.1) is 5.92 Å². The molecule has 2 aromatic rings. The van der Waals surface area contributed by atoms with Crippen LogP contribution in [0.3, 0.4) is 0 Å². The van der Waals surface area contributed by atoms with Gasteiger partial charge in [0.25, 0.3) is 0 Å². The third-order valence-electron chi connectivity index (χ3n) is 4.88. The van der Waals surface area contributed by atoms with Crippen molar-refractivity contribution < 1.29 is 19.4 Å². The highest BCUT2D eigenvalue weighted by atomic mass is 35.5. The molecule has 1 atom stereocenters. The Kier molecular flexibility index (Phi) is 6.10. The fourth-order valence-electron chi connectivity index (χ4n) is 3.67. The highest BCUT2D eigenvalue weighted by molar-refractivity contribution is 6.32. The molecule has 6 nitrogen and oxygen atoms in total. The number of carboxylic acids is 1. The van der Waals surface area contributed by atoms with Gasteiger partial charge in [-0.2, -0.15) is 0 Å². The van der Waals surface area contributed by atoms with Crippen molar-refractivity contribution in [3.8, 4) is 17.0 Å². The minimum Gasteiger partial charge on any atom is -0.490 e. The summed E-state index contributed by atoms with van der Waals surface area (Å²) in [6, 6.07) is 5.15. The molecule has 1 aliphatic rings. The molecule has 0 spiro atoms. The van der Waals surface area contributed by atoms with Crippen LogP contribution in [0.1, 0.15) is 42.2 Å². The molecule has 1 N–H and O–H groups in total. The molecule has 0 bridgehead atoms. The van der Waals surface area contributed by atoms with E-state index in [0.717, 1.165) is 17.5 Å². The largest absolute Gasteiger partial charge is 0.490 e. The number of carbonyl (C=O) groups is 1. The summed E-state index contributed by atoms with van der Waals surface area (Å²) in [4.78, 5) is 23.8. The molecule has 0 fully saturated rings. The molecule has 0 unspecified atom stereocenters. The minimum atomic E-state index is -1.21. The SMILES string of the molecule is COCCOc1cc2c(cc1Cl)-c1cc(=O)c(C(=O)O)cn1[C@H](CC(C)C)C2. The van der Waals surface area contributed by atoms with Gasteiger partial charge in [0.05, 0.1) is 17.3 Å². The van der Waals surface area contributed by atoms with Crippen LogP contribution < -0.4 is 10.2 Å². The molecule has 3 rings (SSSR count). The molecule has 150 valence electrons. The van der Waals surface area contributed by atoms with Crippen LogP contribution in [0.5, 0.6) is 5.75 Å². The number of fused-ring (bicyclic) bond motifs is 3. The predicted octanol–water partition coefficient (Wildman–Crippen LogP) is 4.04. The van der Waals surface area contributed by atoms with E-state index >= 15 is 0 Å². The number of rotatable bonds is 7. The zero-order valence-electron chi connectivity index (χ0n) is 16.2. The summed E-state index contributed by atoms with van der Waals surface area (Å²) in [5, 5.41) is 9.80. The maximum absolute atomic E-state index is 12.3. The molecule has 0 amide bonds.